The fraction of sp³-hybridized carbons (Fsp3) is 0.154. The van der Waals surface area contributed by atoms with Gasteiger partial charge in [0, 0.05) is 32.8 Å². The van der Waals surface area contributed by atoms with Gasteiger partial charge >= 0.3 is 6.09 Å². The molecular weight excluding hydrogens is 529 g/mol. The molecule has 0 unspecified atom stereocenters. The Morgan fingerprint density at radius 2 is 1.67 bits per heavy atom. The monoisotopic (exact) mass is 553 g/mol. The molecule has 3 aromatic carbocycles. The third-order valence-corrected chi connectivity index (χ3v) is 6.03. The van der Waals surface area contributed by atoms with Crippen molar-refractivity contribution in [3.8, 4) is 5.75 Å². The fourth-order valence-electron chi connectivity index (χ4n) is 3.82. The zero-order chi connectivity index (χ0) is 23.4. The second-order valence-corrected chi connectivity index (χ2v) is 9.11. The normalized spacial score (nSPS) is 11.7. The molecule has 3 N–H and O–H groups in total. The van der Waals surface area contributed by atoms with Crippen molar-refractivity contribution in [3.63, 3.8) is 0 Å². The van der Waals surface area contributed by atoms with Crippen molar-refractivity contribution in [2.75, 3.05) is 5.32 Å². The lowest BCUT2D eigenvalue weighted by atomic mass is 10.0. The molecule has 0 fully saturated rings. The molecule has 0 aliphatic heterocycles. The summed E-state index contributed by atoms with van der Waals surface area (Å²) in [4.78, 5) is 29.2. The number of ether oxygens (including phenoxy) is 1. The van der Waals surface area contributed by atoms with E-state index in [9.17, 15) is 9.59 Å². The van der Waals surface area contributed by atoms with E-state index in [0.717, 1.165) is 36.9 Å². The zero-order valence-corrected chi connectivity index (χ0v) is 20.5. The van der Waals surface area contributed by atoms with Gasteiger partial charge in [0.25, 0.3) is 0 Å². The number of nitrogens with one attached hydrogen (secondary N) is 3. The molecule has 7 heteroatoms. The summed E-state index contributed by atoms with van der Waals surface area (Å²) < 4.78 is 6.47. The van der Waals surface area contributed by atoms with Gasteiger partial charge in [0.1, 0.15) is 11.8 Å². The van der Waals surface area contributed by atoms with Crippen molar-refractivity contribution in [1.82, 2.24) is 10.3 Å². The summed E-state index contributed by atoms with van der Waals surface area (Å²) >= 11 is 2.25. The fourth-order valence-corrected chi connectivity index (χ4v) is 4.75. The van der Waals surface area contributed by atoms with Gasteiger partial charge in [-0.2, -0.15) is 0 Å². The number of fused-ring (bicyclic) bond motifs is 1. The summed E-state index contributed by atoms with van der Waals surface area (Å²) in [7, 11) is 0. The Bertz CT molecular complexity index is 1280. The van der Waals surface area contributed by atoms with Gasteiger partial charge in [0.15, 0.2) is 0 Å². The van der Waals surface area contributed by atoms with Gasteiger partial charge in [-0.1, -0.05) is 36.4 Å². The van der Waals surface area contributed by atoms with E-state index in [1.165, 1.54) is 0 Å². The Labute approximate surface area is 205 Å². The standard InChI is InChI=1S/C26H24IN3O3/c1-16-12-19(27)13-17(2)24(16)30-25(31)23(29-26(32)33-20-8-4-3-5-9-20)14-18-15-28-22-11-7-6-10-21(18)22/h3-13,15,23,28H,14H2,1-2H3,(H,29,32)(H,30,31)/t23-/m0/s1. The van der Waals surface area contributed by atoms with E-state index < -0.39 is 12.1 Å². The van der Waals surface area contributed by atoms with Gasteiger partial charge < -0.3 is 20.4 Å². The molecule has 6 nitrogen and oxygen atoms in total. The number of rotatable bonds is 6. The van der Waals surface area contributed by atoms with Crippen molar-refractivity contribution >= 4 is 51.2 Å². The minimum atomic E-state index is -0.835. The first-order valence-corrected chi connectivity index (χ1v) is 11.6. The lowest BCUT2D eigenvalue weighted by Gasteiger charge is -2.20. The Kier molecular flexibility index (Phi) is 6.98. The van der Waals surface area contributed by atoms with Crippen LogP contribution in [0.15, 0.2) is 72.9 Å². The van der Waals surface area contributed by atoms with E-state index >= 15 is 0 Å². The van der Waals surface area contributed by atoms with Crippen molar-refractivity contribution < 1.29 is 14.3 Å². The van der Waals surface area contributed by atoms with Crippen molar-refractivity contribution in [2.24, 2.45) is 0 Å². The van der Waals surface area contributed by atoms with Crippen LogP contribution in [0.2, 0.25) is 0 Å². The van der Waals surface area contributed by atoms with Gasteiger partial charge in [0.05, 0.1) is 0 Å². The van der Waals surface area contributed by atoms with Crippen LogP contribution in [0.3, 0.4) is 0 Å². The molecule has 2 amide bonds. The Morgan fingerprint density at radius 3 is 2.39 bits per heavy atom. The molecule has 0 spiro atoms. The molecule has 0 bridgehead atoms. The van der Waals surface area contributed by atoms with Crippen LogP contribution in [0.1, 0.15) is 16.7 Å². The summed E-state index contributed by atoms with van der Waals surface area (Å²) in [5.41, 5.74) is 4.59. The summed E-state index contributed by atoms with van der Waals surface area (Å²) in [5, 5.41) is 6.77. The van der Waals surface area contributed by atoms with Crippen LogP contribution >= 0.6 is 22.6 Å². The van der Waals surface area contributed by atoms with Crippen LogP contribution in [0.25, 0.3) is 10.9 Å². The van der Waals surface area contributed by atoms with Gasteiger partial charge in [-0.3, -0.25) is 4.79 Å². The number of H-pyrrole nitrogens is 1. The third kappa shape index (κ3) is 5.54. The van der Waals surface area contributed by atoms with E-state index in [-0.39, 0.29) is 5.91 Å². The second kappa shape index (κ2) is 10.1. The molecule has 0 aliphatic rings. The van der Waals surface area contributed by atoms with E-state index in [4.69, 9.17) is 4.74 Å². The number of halogens is 1. The van der Waals surface area contributed by atoms with E-state index in [0.29, 0.717) is 12.2 Å². The van der Waals surface area contributed by atoms with E-state index in [2.05, 4.69) is 38.2 Å². The molecule has 0 aliphatic carbocycles. The lowest BCUT2D eigenvalue weighted by molar-refractivity contribution is -0.118. The van der Waals surface area contributed by atoms with E-state index in [1.54, 1.807) is 24.3 Å². The van der Waals surface area contributed by atoms with Gasteiger partial charge in [-0.05, 0) is 83.5 Å². The summed E-state index contributed by atoms with van der Waals surface area (Å²) in [6.45, 7) is 3.91. The smallest absolute Gasteiger partial charge is 0.410 e. The Morgan fingerprint density at radius 1 is 1.00 bits per heavy atom. The number of aromatic amines is 1. The highest BCUT2D eigenvalue weighted by Gasteiger charge is 2.24. The maximum Gasteiger partial charge on any atom is 0.413 e. The molecule has 0 saturated heterocycles. The van der Waals surface area contributed by atoms with Crippen molar-refractivity contribution in [1.29, 1.82) is 0 Å². The number of hydrogen-bond acceptors (Lipinski definition) is 3. The molecule has 4 rings (SSSR count). The number of aromatic nitrogens is 1. The number of hydrogen-bond donors (Lipinski definition) is 3. The van der Waals surface area contributed by atoms with Gasteiger partial charge in [-0.15, -0.1) is 0 Å². The second-order valence-electron chi connectivity index (χ2n) is 7.87. The maximum absolute atomic E-state index is 13.4. The van der Waals surface area contributed by atoms with E-state index in [1.807, 2.05) is 62.5 Å². The number of para-hydroxylation sites is 2. The van der Waals surface area contributed by atoms with Crippen molar-refractivity contribution in [2.45, 2.75) is 26.3 Å². The SMILES string of the molecule is Cc1cc(I)cc(C)c1NC(=O)[C@H](Cc1c[nH]c2ccccc12)NC(=O)Oc1ccccc1. The summed E-state index contributed by atoms with van der Waals surface area (Å²) in [6.07, 6.45) is 1.50. The molecule has 1 heterocycles. The first-order chi connectivity index (χ1) is 15.9. The van der Waals surface area contributed by atoms with Crippen LogP contribution < -0.4 is 15.4 Å². The predicted octanol–water partition coefficient (Wildman–Crippen LogP) is 5.73. The average Bonchev–Trinajstić information content (AvgIpc) is 3.19. The molecule has 168 valence electrons. The number of aryl methyl sites for hydroxylation is 2. The van der Waals surface area contributed by atoms with Crippen LogP contribution in [-0.4, -0.2) is 23.0 Å². The molecule has 1 atom stereocenters. The Hall–Kier alpha value is -3.33. The summed E-state index contributed by atoms with van der Waals surface area (Å²) in [6, 6.07) is 19.8. The number of amides is 2. The predicted molar refractivity (Wildman–Crippen MR) is 139 cm³/mol. The minimum absolute atomic E-state index is 0.308. The first-order valence-electron chi connectivity index (χ1n) is 10.6. The van der Waals surface area contributed by atoms with Crippen LogP contribution in [0.4, 0.5) is 10.5 Å². The molecule has 0 radical (unpaired) electrons. The third-order valence-electron chi connectivity index (χ3n) is 5.41. The lowest BCUT2D eigenvalue weighted by Crippen LogP contribution is -2.46. The quantitative estimate of drug-likeness (QED) is 0.267. The molecular formula is C26H24IN3O3. The maximum atomic E-state index is 13.4. The highest BCUT2D eigenvalue weighted by atomic mass is 127. The average molecular weight is 553 g/mol. The molecule has 4 aromatic rings. The first kappa shape index (κ1) is 22.8. The number of carbonyl (C=O) groups excluding carboxylic acids is 2. The highest BCUT2D eigenvalue weighted by molar-refractivity contribution is 14.1. The highest BCUT2D eigenvalue weighted by Crippen LogP contribution is 2.24. The van der Waals surface area contributed by atoms with Crippen LogP contribution in [0.5, 0.6) is 5.75 Å². The topological polar surface area (TPSA) is 83.2 Å². The van der Waals surface area contributed by atoms with Crippen molar-refractivity contribution in [3.05, 3.63) is 93.2 Å². The van der Waals surface area contributed by atoms with Gasteiger partial charge in [0.2, 0.25) is 5.91 Å². The van der Waals surface area contributed by atoms with Gasteiger partial charge in [-0.25, -0.2) is 4.79 Å². The Balaban J connectivity index is 1.58. The number of benzene rings is 3. The minimum Gasteiger partial charge on any atom is -0.410 e. The number of carbonyl (C=O) groups is 2. The number of anilines is 1. The largest absolute Gasteiger partial charge is 0.413 e. The molecule has 33 heavy (non-hydrogen) atoms. The van der Waals surface area contributed by atoms with Crippen LogP contribution in [-0.2, 0) is 11.2 Å². The zero-order valence-electron chi connectivity index (χ0n) is 18.3. The molecule has 1 aromatic heterocycles. The summed E-state index contributed by atoms with van der Waals surface area (Å²) in [5.74, 6) is 0.100. The van der Waals surface area contributed by atoms with Crippen LogP contribution in [0, 0.1) is 17.4 Å². The molecule has 0 saturated carbocycles.